The summed E-state index contributed by atoms with van der Waals surface area (Å²) in [6, 6.07) is 3.70. The average molecular weight is 253 g/mol. The Morgan fingerprint density at radius 3 is 2.39 bits per heavy atom. The van der Waals surface area contributed by atoms with Gasteiger partial charge in [0.2, 0.25) is 0 Å². The van der Waals surface area contributed by atoms with Crippen molar-refractivity contribution in [3.63, 3.8) is 0 Å². The lowest BCUT2D eigenvalue weighted by Crippen LogP contribution is -2.23. The quantitative estimate of drug-likeness (QED) is 0.567. The molecule has 0 unspecified atom stereocenters. The second-order valence-electron chi connectivity index (χ2n) is 4.14. The van der Waals surface area contributed by atoms with Gasteiger partial charge in [-0.1, -0.05) is 0 Å². The molecule has 0 aliphatic rings. The van der Waals surface area contributed by atoms with Gasteiger partial charge in [-0.25, -0.2) is 0 Å². The molecule has 1 aromatic rings. The average Bonchev–Trinajstić information content (AvgIpc) is 2.38. The predicted molar refractivity (Wildman–Crippen MR) is 75.8 cm³/mol. The Morgan fingerprint density at radius 2 is 1.83 bits per heavy atom. The maximum absolute atomic E-state index is 6.03. The molecule has 0 aliphatic carbocycles. The molecule has 0 atom stereocenters. The van der Waals surface area contributed by atoms with E-state index in [9.17, 15) is 0 Å². The molecule has 0 aromatic heterocycles. The number of hydrogen-bond acceptors (Lipinski definition) is 5. The highest BCUT2D eigenvalue weighted by atomic mass is 16.5. The Morgan fingerprint density at radius 1 is 1.22 bits per heavy atom. The summed E-state index contributed by atoms with van der Waals surface area (Å²) in [6.07, 6.45) is 1.06. The van der Waals surface area contributed by atoms with Crippen molar-refractivity contribution in [1.82, 2.24) is 5.32 Å². The minimum atomic E-state index is 0.655. The molecule has 0 saturated heterocycles. The molecule has 3 N–H and O–H groups in total. The molecular weight excluding hydrogens is 230 g/mol. The van der Waals surface area contributed by atoms with Crippen molar-refractivity contribution in [2.45, 2.75) is 6.42 Å². The summed E-state index contributed by atoms with van der Waals surface area (Å²) in [5, 5.41) is 3.13. The fourth-order valence-corrected chi connectivity index (χ4v) is 1.83. The Hall–Kier alpha value is -1.62. The first-order valence-electron chi connectivity index (χ1n) is 6.01. The van der Waals surface area contributed by atoms with E-state index in [4.69, 9.17) is 15.2 Å². The molecule has 102 valence electrons. The summed E-state index contributed by atoms with van der Waals surface area (Å²) in [4.78, 5) is 2.12. The Labute approximate surface area is 109 Å². The van der Waals surface area contributed by atoms with Crippen molar-refractivity contribution in [2.75, 3.05) is 52.0 Å². The van der Waals surface area contributed by atoms with Crippen LogP contribution in [0.2, 0.25) is 0 Å². The van der Waals surface area contributed by atoms with E-state index in [-0.39, 0.29) is 0 Å². The van der Waals surface area contributed by atoms with E-state index >= 15 is 0 Å². The van der Waals surface area contributed by atoms with Crippen LogP contribution < -0.4 is 25.4 Å². The number of methoxy groups -OCH3 is 2. The van der Waals surface area contributed by atoms with Crippen LogP contribution in [0.4, 0.5) is 11.4 Å². The van der Waals surface area contributed by atoms with Gasteiger partial charge in [0.25, 0.3) is 0 Å². The molecule has 1 aromatic carbocycles. The lowest BCUT2D eigenvalue weighted by atomic mass is 10.2. The van der Waals surface area contributed by atoms with Crippen LogP contribution in [0, 0.1) is 0 Å². The lowest BCUT2D eigenvalue weighted by molar-refractivity contribution is 0.355. The molecule has 0 radical (unpaired) electrons. The van der Waals surface area contributed by atoms with E-state index in [1.54, 1.807) is 20.3 Å². The zero-order valence-corrected chi connectivity index (χ0v) is 11.6. The van der Waals surface area contributed by atoms with Gasteiger partial charge >= 0.3 is 0 Å². The van der Waals surface area contributed by atoms with Crippen LogP contribution in [0.3, 0.4) is 0 Å². The molecule has 1 rings (SSSR count). The second kappa shape index (κ2) is 6.96. The number of ether oxygens (including phenoxy) is 2. The Kier molecular flexibility index (Phi) is 5.58. The molecule has 0 aliphatic heterocycles. The molecule has 0 amide bonds. The van der Waals surface area contributed by atoms with E-state index in [0.717, 1.165) is 25.2 Å². The van der Waals surface area contributed by atoms with Crippen LogP contribution in [-0.4, -0.2) is 41.4 Å². The highest BCUT2D eigenvalue weighted by Crippen LogP contribution is 2.36. The van der Waals surface area contributed by atoms with Crippen molar-refractivity contribution in [1.29, 1.82) is 0 Å². The molecule has 0 fully saturated rings. The Balaban J connectivity index is 2.87. The second-order valence-corrected chi connectivity index (χ2v) is 4.14. The summed E-state index contributed by atoms with van der Waals surface area (Å²) in [5.41, 5.74) is 7.69. The molecule has 5 nitrogen and oxygen atoms in total. The molecule has 18 heavy (non-hydrogen) atoms. The molecule has 0 bridgehead atoms. The normalized spacial score (nSPS) is 10.2. The summed E-state index contributed by atoms with van der Waals surface area (Å²) < 4.78 is 10.5. The van der Waals surface area contributed by atoms with Crippen molar-refractivity contribution in [3.8, 4) is 11.5 Å². The van der Waals surface area contributed by atoms with Crippen LogP contribution in [0.15, 0.2) is 12.1 Å². The fraction of sp³-hybridized carbons (Fsp3) is 0.538. The van der Waals surface area contributed by atoms with Gasteiger partial charge in [-0.15, -0.1) is 0 Å². The molecule has 0 saturated carbocycles. The van der Waals surface area contributed by atoms with Gasteiger partial charge in [-0.2, -0.15) is 0 Å². The zero-order chi connectivity index (χ0) is 13.5. The maximum Gasteiger partial charge on any atom is 0.162 e. The molecular formula is C13H23N3O2. The highest BCUT2D eigenvalue weighted by Gasteiger charge is 2.11. The number of nitrogens with one attached hydrogen (secondary N) is 1. The molecule has 5 heteroatoms. The maximum atomic E-state index is 6.03. The summed E-state index contributed by atoms with van der Waals surface area (Å²) in [6.45, 7) is 1.91. The first-order chi connectivity index (χ1) is 8.63. The largest absolute Gasteiger partial charge is 0.493 e. The standard InChI is InChI=1S/C13H23N3O2/c1-15-6-5-7-16(2)11-9-13(18-4)12(17-3)8-10(11)14/h8-9,15H,5-7,14H2,1-4H3. The van der Waals surface area contributed by atoms with E-state index in [0.29, 0.717) is 17.2 Å². The number of rotatable bonds is 7. The number of hydrogen-bond donors (Lipinski definition) is 2. The minimum absolute atomic E-state index is 0.655. The fourth-order valence-electron chi connectivity index (χ4n) is 1.83. The van der Waals surface area contributed by atoms with Crippen molar-refractivity contribution < 1.29 is 9.47 Å². The first kappa shape index (κ1) is 14.4. The smallest absolute Gasteiger partial charge is 0.162 e. The topological polar surface area (TPSA) is 59.8 Å². The van der Waals surface area contributed by atoms with Gasteiger partial charge in [-0.3, -0.25) is 0 Å². The summed E-state index contributed by atoms with van der Waals surface area (Å²) >= 11 is 0. The zero-order valence-electron chi connectivity index (χ0n) is 11.6. The first-order valence-corrected chi connectivity index (χ1v) is 6.01. The van der Waals surface area contributed by atoms with E-state index in [2.05, 4.69) is 10.2 Å². The third kappa shape index (κ3) is 3.43. The van der Waals surface area contributed by atoms with Gasteiger partial charge in [-0.05, 0) is 20.0 Å². The highest BCUT2D eigenvalue weighted by molar-refractivity contribution is 5.72. The van der Waals surface area contributed by atoms with Crippen LogP contribution >= 0.6 is 0 Å². The van der Waals surface area contributed by atoms with Crippen LogP contribution in [-0.2, 0) is 0 Å². The van der Waals surface area contributed by atoms with E-state index in [1.807, 2.05) is 20.2 Å². The number of nitrogens with two attached hydrogens (primary N) is 1. The number of nitrogen functional groups attached to an aromatic ring is 1. The SMILES string of the molecule is CNCCCN(C)c1cc(OC)c(OC)cc1N. The van der Waals surface area contributed by atoms with Gasteiger partial charge in [0.05, 0.1) is 25.6 Å². The van der Waals surface area contributed by atoms with Gasteiger partial charge in [0, 0.05) is 25.7 Å². The van der Waals surface area contributed by atoms with Gasteiger partial charge in [0.15, 0.2) is 11.5 Å². The number of anilines is 2. The lowest BCUT2D eigenvalue weighted by Gasteiger charge is -2.22. The third-order valence-electron chi connectivity index (χ3n) is 2.86. The monoisotopic (exact) mass is 253 g/mol. The Bertz CT molecular complexity index is 383. The predicted octanol–water partition coefficient (Wildman–Crippen LogP) is 1.33. The summed E-state index contributed by atoms with van der Waals surface area (Å²) in [5.74, 6) is 1.35. The van der Waals surface area contributed by atoms with Crippen molar-refractivity contribution in [2.24, 2.45) is 0 Å². The van der Waals surface area contributed by atoms with Crippen LogP contribution in [0.5, 0.6) is 11.5 Å². The van der Waals surface area contributed by atoms with Crippen LogP contribution in [0.25, 0.3) is 0 Å². The van der Waals surface area contributed by atoms with Gasteiger partial charge < -0.3 is 25.4 Å². The van der Waals surface area contributed by atoms with E-state index in [1.165, 1.54) is 0 Å². The van der Waals surface area contributed by atoms with Crippen molar-refractivity contribution in [3.05, 3.63) is 12.1 Å². The minimum Gasteiger partial charge on any atom is -0.493 e. The van der Waals surface area contributed by atoms with Crippen LogP contribution in [0.1, 0.15) is 6.42 Å². The third-order valence-corrected chi connectivity index (χ3v) is 2.86. The summed E-state index contributed by atoms with van der Waals surface area (Å²) in [7, 11) is 7.20. The van der Waals surface area contributed by atoms with Crippen molar-refractivity contribution >= 4 is 11.4 Å². The van der Waals surface area contributed by atoms with Gasteiger partial charge in [0.1, 0.15) is 0 Å². The molecule has 0 heterocycles. The number of nitrogens with zero attached hydrogens (tertiary/aromatic N) is 1. The van der Waals surface area contributed by atoms with E-state index < -0.39 is 0 Å². The number of benzene rings is 1. The molecule has 0 spiro atoms.